The Morgan fingerprint density at radius 3 is 2.85 bits per heavy atom. The van der Waals surface area contributed by atoms with Crippen molar-refractivity contribution in [3.8, 4) is 17.0 Å². The number of nitrogens with zero attached hydrogens (tertiary/aromatic N) is 3. The van der Waals surface area contributed by atoms with Crippen molar-refractivity contribution in [3.05, 3.63) is 36.3 Å². The van der Waals surface area contributed by atoms with Crippen LogP contribution in [0.4, 0.5) is 10.2 Å². The molecule has 0 spiro atoms. The molecule has 2 fully saturated rings. The molecular formula is C19H19FN4O2. The lowest BCUT2D eigenvalue weighted by atomic mass is 10.1. The number of benzene rings is 1. The van der Waals surface area contributed by atoms with Gasteiger partial charge in [-0.25, -0.2) is 9.37 Å². The van der Waals surface area contributed by atoms with E-state index in [4.69, 9.17) is 9.47 Å². The minimum Gasteiger partial charge on any atom is -0.487 e. The van der Waals surface area contributed by atoms with E-state index >= 15 is 0 Å². The molecule has 0 bridgehead atoms. The zero-order chi connectivity index (χ0) is 17.5. The normalized spacial score (nSPS) is 17.7. The van der Waals surface area contributed by atoms with Gasteiger partial charge in [-0.05, 0) is 31.0 Å². The minimum atomic E-state index is -0.358. The van der Waals surface area contributed by atoms with Gasteiger partial charge in [0.05, 0.1) is 24.8 Å². The van der Waals surface area contributed by atoms with Crippen LogP contribution in [-0.2, 0) is 4.74 Å². The molecule has 26 heavy (non-hydrogen) atoms. The molecule has 6 nitrogen and oxygen atoms in total. The third-order valence-corrected chi connectivity index (χ3v) is 4.79. The van der Waals surface area contributed by atoms with E-state index in [2.05, 4.69) is 20.1 Å². The summed E-state index contributed by atoms with van der Waals surface area (Å²) < 4.78 is 25.3. The van der Waals surface area contributed by atoms with Gasteiger partial charge < -0.3 is 14.4 Å². The summed E-state index contributed by atoms with van der Waals surface area (Å²) in [5.41, 5.74) is 2.37. The third-order valence-electron chi connectivity index (χ3n) is 4.79. The number of rotatable bonds is 4. The highest BCUT2D eigenvalue weighted by Gasteiger charge is 2.25. The van der Waals surface area contributed by atoms with Crippen molar-refractivity contribution in [2.45, 2.75) is 18.9 Å². The summed E-state index contributed by atoms with van der Waals surface area (Å²) in [6, 6.07) is 7.14. The quantitative estimate of drug-likeness (QED) is 0.780. The van der Waals surface area contributed by atoms with Crippen molar-refractivity contribution in [3.63, 3.8) is 0 Å². The molecular weight excluding hydrogens is 335 g/mol. The lowest BCUT2D eigenvalue weighted by Gasteiger charge is -2.27. The Hall–Kier alpha value is -2.67. The molecule has 3 aromatic rings. The Morgan fingerprint density at radius 2 is 2.04 bits per heavy atom. The van der Waals surface area contributed by atoms with Gasteiger partial charge in [0.25, 0.3) is 0 Å². The van der Waals surface area contributed by atoms with Gasteiger partial charge in [0.1, 0.15) is 11.5 Å². The monoisotopic (exact) mass is 354 g/mol. The van der Waals surface area contributed by atoms with E-state index in [0.717, 1.165) is 48.4 Å². The number of hydrogen-bond donors (Lipinski definition) is 1. The van der Waals surface area contributed by atoms with Crippen LogP contribution in [0.2, 0.25) is 0 Å². The molecule has 134 valence electrons. The highest BCUT2D eigenvalue weighted by Crippen LogP contribution is 2.35. The smallest absolute Gasteiger partial charge is 0.167 e. The van der Waals surface area contributed by atoms with Crippen LogP contribution < -0.4 is 9.64 Å². The number of anilines is 1. The Labute approximate surface area is 149 Å². The number of morpholine rings is 1. The second kappa shape index (κ2) is 6.25. The second-order valence-electron chi connectivity index (χ2n) is 6.72. The molecule has 1 saturated heterocycles. The number of H-pyrrole nitrogens is 1. The van der Waals surface area contributed by atoms with Crippen molar-refractivity contribution in [1.82, 2.24) is 15.2 Å². The number of halogens is 1. The van der Waals surface area contributed by atoms with Gasteiger partial charge in [0, 0.05) is 36.3 Å². The summed E-state index contributed by atoms with van der Waals surface area (Å²) in [5.74, 6) is 0.840. The Kier molecular flexibility index (Phi) is 3.74. The number of ether oxygens (including phenoxy) is 2. The van der Waals surface area contributed by atoms with E-state index in [1.165, 1.54) is 6.07 Å². The summed E-state index contributed by atoms with van der Waals surface area (Å²) in [6.45, 7) is 3.06. The van der Waals surface area contributed by atoms with Crippen LogP contribution in [0.25, 0.3) is 22.2 Å². The van der Waals surface area contributed by atoms with Crippen LogP contribution in [0.5, 0.6) is 5.75 Å². The Bertz CT molecular complexity index is 948. The topological polar surface area (TPSA) is 63.3 Å². The van der Waals surface area contributed by atoms with Crippen molar-refractivity contribution in [2.24, 2.45) is 0 Å². The maximum atomic E-state index is 14.2. The first kappa shape index (κ1) is 15.6. The fourth-order valence-electron chi connectivity index (χ4n) is 3.23. The summed E-state index contributed by atoms with van der Waals surface area (Å²) in [7, 11) is 0. The fraction of sp³-hybridized carbons (Fsp3) is 0.368. The molecule has 0 radical (unpaired) electrons. The van der Waals surface area contributed by atoms with Crippen LogP contribution in [0.3, 0.4) is 0 Å². The highest BCUT2D eigenvalue weighted by molar-refractivity contribution is 5.94. The van der Waals surface area contributed by atoms with Gasteiger partial charge in [0.2, 0.25) is 0 Å². The van der Waals surface area contributed by atoms with Crippen molar-refractivity contribution < 1.29 is 13.9 Å². The van der Waals surface area contributed by atoms with E-state index in [1.807, 2.05) is 12.1 Å². The van der Waals surface area contributed by atoms with E-state index in [0.29, 0.717) is 24.5 Å². The zero-order valence-corrected chi connectivity index (χ0v) is 14.2. The summed E-state index contributed by atoms with van der Waals surface area (Å²) in [5, 5.41) is 8.18. The molecule has 5 rings (SSSR count). The van der Waals surface area contributed by atoms with Gasteiger partial charge in [-0.15, -0.1) is 0 Å². The zero-order valence-electron chi connectivity index (χ0n) is 14.2. The molecule has 1 aliphatic carbocycles. The molecule has 0 atom stereocenters. The van der Waals surface area contributed by atoms with E-state index in [-0.39, 0.29) is 11.9 Å². The van der Waals surface area contributed by atoms with Crippen LogP contribution >= 0.6 is 0 Å². The van der Waals surface area contributed by atoms with Crippen molar-refractivity contribution >= 4 is 16.7 Å². The third kappa shape index (κ3) is 2.88. The first-order valence-corrected chi connectivity index (χ1v) is 8.91. The average molecular weight is 354 g/mol. The lowest BCUT2D eigenvalue weighted by molar-refractivity contribution is 0.122. The molecule has 7 heteroatoms. The second-order valence-corrected chi connectivity index (χ2v) is 6.72. The number of nitrogens with one attached hydrogen (secondary N) is 1. The van der Waals surface area contributed by atoms with E-state index in [9.17, 15) is 4.39 Å². The summed E-state index contributed by atoms with van der Waals surface area (Å²) in [6.07, 6.45) is 3.91. The largest absolute Gasteiger partial charge is 0.487 e. The molecule has 1 saturated carbocycles. The summed E-state index contributed by atoms with van der Waals surface area (Å²) in [4.78, 5) is 6.68. The minimum absolute atomic E-state index is 0.145. The number of aromatic amines is 1. The van der Waals surface area contributed by atoms with Crippen LogP contribution in [0.1, 0.15) is 12.8 Å². The molecule has 1 N–H and O–H groups in total. The van der Waals surface area contributed by atoms with Crippen LogP contribution in [0, 0.1) is 5.82 Å². The predicted octanol–water partition coefficient (Wildman–Crippen LogP) is 3.14. The predicted molar refractivity (Wildman–Crippen MR) is 96.0 cm³/mol. The van der Waals surface area contributed by atoms with Crippen molar-refractivity contribution in [1.29, 1.82) is 0 Å². The maximum absolute atomic E-state index is 14.2. The number of aromatic nitrogens is 3. The highest BCUT2D eigenvalue weighted by atomic mass is 19.1. The Balaban J connectivity index is 1.53. The van der Waals surface area contributed by atoms with Crippen LogP contribution in [0.15, 0.2) is 30.5 Å². The SMILES string of the molecule is Fc1cc2[nH]nc(-c3ccnc(N4CCOCC4)c3)c2cc1OC1CC1. The van der Waals surface area contributed by atoms with Gasteiger partial charge >= 0.3 is 0 Å². The van der Waals surface area contributed by atoms with Crippen LogP contribution in [-0.4, -0.2) is 47.6 Å². The van der Waals surface area contributed by atoms with E-state index < -0.39 is 0 Å². The fourth-order valence-corrected chi connectivity index (χ4v) is 3.23. The van der Waals surface area contributed by atoms with Gasteiger partial charge in [-0.1, -0.05) is 0 Å². The molecule has 2 aliphatic rings. The number of pyridine rings is 1. The molecule has 1 aromatic carbocycles. The first-order valence-electron chi connectivity index (χ1n) is 8.91. The summed E-state index contributed by atoms with van der Waals surface area (Å²) >= 11 is 0. The van der Waals surface area contributed by atoms with Crippen molar-refractivity contribution in [2.75, 3.05) is 31.2 Å². The molecule has 0 amide bonds. The standard InChI is InChI=1S/C19H19FN4O2/c20-15-11-16-14(10-17(15)26-13-1-2-13)19(23-22-16)12-3-4-21-18(9-12)24-5-7-25-8-6-24/h3-4,9-11,13H,1-2,5-8H2,(H,22,23). The molecule has 0 unspecified atom stereocenters. The van der Waals surface area contributed by atoms with Gasteiger partial charge in [-0.2, -0.15) is 5.10 Å². The number of hydrogen-bond acceptors (Lipinski definition) is 5. The van der Waals surface area contributed by atoms with Gasteiger partial charge in [-0.3, -0.25) is 5.10 Å². The van der Waals surface area contributed by atoms with E-state index in [1.54, 1.807) is 12.3 Å². The van der Waals surface area contributed by atoms with Gasteiger partial charge in [0.15, 0.2) is 11.6 Å². The lowest BCUT2D eigenvalue weighted by Crippen LogP contribution is -2.36. The molecule has 1 aliphatic heterocycles. The first-order chi connectivity index (χ1) is 12.8. The number of fused-ring (bicyclic) bond motifs is 1. The molecule has 2 aromatic heterocycles. The molecule has 3 heterocycles. The average Bonchev–Trinajstić information content (AvgIpc) is 3.41. The maximum Gasteiger partial charge on any atom is 0.167 e. The Morgan fingerprint density at radius 1 is 1.19 bits per heavy atom.